The Bertz CT molecular complexity index is 952. The predicted molar refractivity (Wildman–Crippen MR) is 106 cm³/mol. The van der Waals surface area contributed by atoms with Gasteiger partial charge in [0.2, 0.25) is 0 Å². The van der Waals surface area contributed by atoms with E-state index in [1.54, 1.807) is 26.7 Å². The topological polar surface area (TPSA) is 56.6 Å². The van der Waals surface area contributed by atoms with Crippen LogP contribution in [0.2, 0.25) is 0 Å². The van der Waals surface area contributed by atoms with Crippen molar-refractivity contribution in [3.05, 3.63) is 72.3 Å². The highest BCUT2D eigenvalue weighted by Crippen LogP contribution is 2.36. The lowest BCUT2D eigenvalue weighted by atomic mass is 9.97. The number of rotatable bonds is 5. The standard InChI is InChI=1S/C22H23N3O3/c1-27-19-7-8-21(28-2)20(13-19)17-9-11-24(14-17)22(26)16-3-5-18(6-4-16)25-12-10-23-15-25/h3-8,10,12-13,15,17H,9,11,14H2,1-2H3/t17-/m0/s1. The summed E-state index contributed by atoms with van der Waals surface area (Å²) in [7, 11) is 3.33. The van der Waals surface area contributed by atoms with Crippen LogP contribution in [-0.2, 0) is 0 Å². The minimum Gasteiger partial charge on any atom is -0.497 e. The first kappa shape index (κ1) is 18.1. The summed E-state index contributed by atoms with van der Waals surface area (Å²) in [4.78, 5) is 18.9. The van der Waals surface area contributed by atoms with Gasteiger partial charge in [-0.05, 0) is 48.9 Å². The molecule has 1 aromatic heterocycles. The van der Waals surface area contributed by atoms with Gasteiger partial charge in [0.1, 0.15) is 11.5 Å². The van der Waals surface area contributed by atoms with Crippen LogP contribution in [0.3, 0.4) is 0 Å². The number of likely N-dealkylation sites (tertiary alicyclic amines) is 1. The summed E-state index contributed by atoms with van der Waals surface area (Å²) in [5.41, 5.74) is 2.77. The van der Waals surface area contributed by atoms with Crippen LogP contribution in [0, 0.1) is 0 Å². The molecule has 1 aliphatic rings. The molecule has 1 atom stereocenters. The molecule has 0 bridgehead atoms. The SMILES string of the molecule is COc1ccc(OC)c([C@H]2CCN(C(=O)c3ccc(-n4ccnc4)cc3)C2)c1. The van der Waals surface area contributed by atoms with E-state index in [9.17, 15) is 4.79 Å². The zero-order valence-corrected chi connectivity index (χ0v) is 16.0. The third-order valence-corrected chi connectivity index (χ3v) is 5.27. The van der Waals surface area contributed by atoms with Crippen LogP contribution < -0.4 is 9.47 Å². The molecule has 0 N–H and O–H groups in total. The van der Waals surface area contributed by atoms with Gasteiger partial charge in [-0.15, -0.1) is 0 Å². The quantitative estimate of drug-likeness (QED) is 0.683. The van der Waals surface area contributed by atoms with Crippen molar-refractivity contribution in [1.29, 1.82) is 0 Å². The number of methoxy groups -OCH3 is 2. The molecule has 1 aliphatic heterocycles. The summed E-state index contributed by atoms with van der Waals surface area (Å²) in [5.74, 6) is 1.93. The van der Waals surface area contributed by atoms with Crippen molar-refractivity contribution in [3.63, 3.8) is 0 Å². The minimum absolute atomic E-state index is 0.0570. The lowest BCUT2D eigenvalue weighted by molar-refractivity contribution is 0.0790. The molecule has 2 heterocycles. The van der Waals surface area contributed by atoms with Gasteiger partial charge in [-0.25, -0.2) is 4.98 Å². The van der Waals surface area contributed by atoms with Gasteiger partial charge in [0.05, 0.1) is 20.5 Å². The minimum atomic E-state index is 0.0570. The molecule has 1 fully saturated rings. The number of ether oxygens (including phenoxy) is 2. The van der Waals surface area contributed by atoms with Crippen molar-refractivity contribution in [2.45, 2.75) is 12.3 Å². The number of hydrogen-bond donors (Lipinski definition) is 0. The van der Waals surface area contributed by atoms with E-state index < -0.39 is 0 Å². The number of nitrogens with zero attached hydrogens (tertiary/aromatic N) is 3. The Kier molecular flexibility index (Phi) is 5.02. The van der Waals surface area contributed by atoms with Crippen LogP contribution in [0.15, 0.2) is 61.2 Å². The Morgan fingerprint density at radius 2 is 1.93 bits per heavy atom. The van der Waals surface area contributed by atoms with Crippen LogP contribution >= 0.6 is 0 Å². The Morgan fingerprint density at radius 1 is 1.11 bits per heavy atom. The lowest BCUT2D eigenvalue weighted by Gasteiger charge is -2.19. The molecule has 28 heavy (non-hydrogen) atoms. The van der Waals surface area contributed by atoms with Crippen LogP contribution in [0.5, 0.6) is 11.5 Å². The Morgan fingerprint density at radius 3 is 2.61 bits per heavy atom. The normalized spacial score (nSPS) is 16.2. The number of benzene rings is 2. The van der Waals surface area contributed by atoms with Gasteiger partial charge < -0.3 is 18.9 Å². The van der Waals surface area contributed by atoms with Crippen LogP contribution in [0.1, 0.15) is 28.3 Å². The van der Waals surface area contributed by atoms with Crippen LogP contribution in [0.25, 0.3) is 5.69 Å². The molecule has 0 saturated carbocycles. The third-order valence-electron chi connectivity index (χ3n) is 5.27. The molecule has 4 rings (SSSR count). The van der Waals surface area contributed by atoms with Gasteiger partial charge >= 0.3 is 0 Å². The second-order valence-corrected chi connectivity index (χ2v) is 6.86. The molecule has 6 heteroatoms. The first-order valence-corrected chi connectivity index (χ1v) is 9.29. The zero-order chi connectivity index (χ0) is 19.5. The fraction of sp³-hybridized carbons (Fsp3) is 0.273. The lowest BCUT2D eigenvalue weighted by Crippen LogP contribution is -2.28. The van der Waals surface area contributed by atoms with Crippen LogP contribution in [-0.4, -0.2) is 47.7 Å². The van der Waals surface area contributed by atoms with E-state index in [1.807, 2.05) is 58.1 Å². The highest BCUT2D eigenvalue weighted by Gasteiger charge is 2.30. The highest BCUT2D eigenvalue weighted by atomic mass is 16.5. The Labute approximate surface area is 164 Å². The molecule has 0 unspecified atom stereocenters. The van der Waals surface area contributed by atoms with E-state index in [2.05, 4.69) is 4.98 Å². The van der Waals surface area contributed by atoms with Gasteiger partial charge in [0.25, 0.3) is 5.91 Å². The Balaban J connectivity index is 1.49. The molecular weight excluding hydrogens is 354 g/mol. The second kappa shape index (κ2) is 7.76. The van der Waals surface area contributed by atoms with E-state index >= 15 is 0 Å². The second-order valence-electron chi connectivity index (χ2n) is 6.86. The van der Waals surface area contributed by atoms with E-state index in [4.69, 9.17) is 9.47 Å². The van der Waals surface area contributed by atoms with Gasteiger partial charge in [-0.2, -0.15) is 0 Å². The molecule has 1 saturated heterocycles. The smallest absolute Gasteiger partial charge is 0.253 e. The molecule has 0 aliphatic carbocycles. The van der Waals surface area contributed by atoms with Crippen molar-refractivity contribution >= 4 is 5.91 Å². The highest BCUT2D eigenvalue weighted by molar-refractivity contribution is 5.94. The van der Waals surface area contributed by atoms with E-state index in [0.717, 1.165) is 35.7 Å². The van der Waals surface area contributed by atoms with Gasteiger partial charge in [-0.3, -0.25) is 4.79 Å². The molecule has 2 aromatic carbocycles. The molecule has 0 radical (unpaired) electrons. The van der Waals surface area contributed by atoms with E-state index in [-0.39, 0.29) is 11.8 Å². The fourth-order valence-corrected chi connectivity index (χ4v) is 3.73. The fourth-order valence-electron chi connectivity index (χ4n) is 3.73. The molecule has 3 aromatic rings. The van der Waals surface area contributed by atoms with E-state index in [0.29, 0.717) is 12.1 Å². The van der Waals surface area contributed by atoms with Crippen molar-refractivity contribution in [2.75, 3.05) is 27.3 Å². The van der Waals surface area contributed by atoms with Gasteiger partial charge in [-0.1, -0.05) is 0 Å². The number of carbonyl (C=O) groups excluding carboxylic acids is 1. The van der Waals surface area contributed by atoms with Crippen molar-refractivity contribution in [3.8, 4) is 17.2 Å². The Hall–Kier alpha value is -3.28. The third kappa shape index (κ3) is 3.45. The van der Waals surface area contributed by atoms with Crippen LogP contribution in [0.4, 0.5) is 0 Å². The maximum absolute atomic E-state index is 13.0. The van der Waals surface area contributed by atoms with Gasteiger partial charge in [0, 0.05) is 48.2 Å². The molecule has 0 spiro atoms. The summed E-state index contributed by atoms with van der Waals surface area (Å²) < 4.78 is 12.8. The molecular formula is C22H23N3O3. The maximum Gasteiger partial charge on any atom is 0.253 e. The summed E-state index contributed by atoms with van der Waals surface area (Å²) in [6.45, 7) is 1.40. The van der Waals surface area contributed by atoms with Gasteiger partial charge in [0.15, 0.2) is 0 Å². The average Bonchev–Trinajstić information content (AvgIpc) is 3.45. The number of imidazole rings is 1. The van der Waals surface area contributed by atoms with Crippen molar-refractivity contribution in [2.24, 2.45) is 0 Å². The zero-order valence-electron chi connectivity index (χ0n) is 16.0. The number of aromatic nitrogens is 2. The number of carbonyl (C=O) groups is 1. The molecule has 144 valence electrons. The van der Waals surface area contributed by atoms with E-state index in [1.165, 1.54) is 0 Å². The molecule has 1 amide bonds. The largest absolute Gasteiger partial charge is 0.497 e. The number of amides is 1. The maximum atomic E-state index is 13.0. The summed E-state index contributed by atoms with van der Waals surface area (Å²) in [5, 5.41) is 0. The summed E-state index contributed by atoms with van der Waals surface area (Å²) in [6, 6.07) is 13.4. The average molecular weight is 377 g/mol. The first-order chi connectivity index (χ1) is 13.7. The predicted octanol–water partition coefficient (Wildman–Crippen LogP) is 3.52. The summed E-state index contributed by atoms with van der Waals surface area (Å²) >= 11 is 0. The first-order valence-electron chi connectivity index (χ1n) is 9.29. The monoisotopic (exact) mass is 377 g/mol. The number of hydrogen-bond acceptors (Lipinski definition) is 4. The summed E-state index contributed by atoms with van der Waals surface area (Å²) in [6.07, 6.45) is 6.26. The molecule has 6 nitrogen and oxygen atoms in total. The van der Waals surface area contributed by atoms with Crippen molar-refractivity contribution < 1.29 is 14.3 Å². The van der Waals surface area contributed by atoms with Crippen molar-refractivity contribution in [1.82, 2.24) is 14.5 Å².